The lowest BCUT2D eigenvalue weighted by Crippen LogP contribution is -2.25. The molecule has 0 unspecified atom stereocenters. The van der Waals surface area contributed by atoms with Crippen LogP contribution in [0.15, 0.2) is 18.3 Å². The minimum absolute atomic E-state index is 0.0618. The Morgan fingerprint density at radius 3 is 2.44 bits per heavy atom. The first-order valence-corrected chi connectivity index (χ1v) is 8.50. The third-order valence-electron chi connectivity index (χ3n) is 3.41. The second kappa shape index (κ2) is 7.31. The molecule has 0 radical (unpaired) electrons. The molecule has 0 aliphatic heterocycles. The lowest BCUT2D eigenvalue weighted by atomic mass is 10.3. The van der Waals surface area contributed by atoms with E-state index in [4.69, 9.17) is 46.4 Å². The summed E-state index contributed by atoms with van der Waals surface area (Å²) >= 11 is 23.4. The zero-order valence-corrected chi connectivity index (χ0v) is 15.8. The van der Waals surface area contributed by atoms with Crippen LogP contribution < -0.4 is 5.32 Å². The Kier molecular flexibility index (Phi) is 5.40. The standard InChI is InChI=1S/C14H6Cl4F3N5O/c15-8-9(16)11(23-12(18)10(8)17)13(27)22-3-7-25-24-6-2-1-5(4-26(6)7)14(19,20)21/h1-2,4H,3H2,(H,22,27). The number of aromatic nitrogens is 4. The molecule has 3 heterocycles. The summed E-state index contributed by atoms with van der Waals surface area (Å²) in [5, 5.41) is 9.23. The minimum Gasteiger partial charge on any atom is -0.343 e. The van der Waals surface area contributed by atoms with Gasteiger partial charge in [0.25, 0.3) is 5.91 Å². The lowest BCUT2D eigenvalue weighted by Gasteiger charge is -2.09. The van der Waals surface area contributed by atoms with Crippen molar-refractivity contribution >= 4 is 58.0 Å². The number of halogens is 7. The Bertz CT molecular complexity index is 1050. The average Bonchev–Trinajstić information content (AvgIpc) is 3.02. The number of alkyl halides is 3. The van der Waals surface area contributed by atoms with Gasteiger partial charge in [-0.3, -0.25) is 9.20 Å². The summed E-state index contributed by atoms with van der Waals surface area (Å²) in [6.45, 7) is -0.253. The van der Waals surface area contributed by atoms with Gasteiger partial charge in [-0.15, -0.1) is 10.2 Å². The van der Waals surface area contributed by atoms with Crippen LogP contribution in [0.4, 0.5) is 13.2 Å². The third-order valence-corrected chi connectivity index (χ3v) is 5.08. The molecule has 3 rings (SSSR count). The highest BCUT2D eigenvalue weighted by Crippen LogP contribution is 2.36. The van der Waals surface area contributed by atoms with Gasteiger partial charge < -0.3 is 5.32 Å². The van der Waals surface area contributed by atoms with Crippen LogP contribution in [0.25, 0.3) is 5.65 Å². The summed E-state index contributed by atoms with van der Waals surface area (Å²) in [5.74, 6) is -0.712. The van der Waals surface area contributed by atoms with Gasteiger partial charge >= 0.3 is 6.18 Å². The van der Waals surface area contributed by atoms with E-state index in [9.17, 15) is 18.0 Å². The fourth-order valence-electron chi connectivity index (χ4n) is 2.11. The first-order valence-electron chi connectivity index (χ1n) is 6.98. The fourth-order valence-corrected chi connectivity index (χ4v) is 2.92. The number of nitrogens with zero attached hydrogens (tertiary/aromatic N) is 4. The number of pyridine rings is 2. The van der Waals surface area contributed by atoms with E-state index < -0.39 is 17.6 Å². The van der Waals surface area contributed by atoms with Crippen molar-refractivity contribution in [3.05, 3.63) is 55.6 Å². The molecule has 3 aromatic rings. The van der Waals surface area contributed by atoms with Crippen LogP contribution in [-0.4, -0.2) is 25.5 Å². The van der Waals surface area contributed by atoms with E-state index in [2.05, 4.69) is 20.5 Å². The van der Waals surface area contributed by atoms with Crippen molar-refractivity contribution < 1.29 is 18.0 Å². The number of hydrogen-bond acceptors (Lipinski definition) is 4. The van der Waals surface area contributed by atoms with E-state index in [0.717, 1.165) is 22.7 Å². The Balaban J connectivity index is 1.86. The number of nitrogens with one attached hydrogen (secondary N) is 1. The number of rotatable bonds is 3. The molecule has 27 heavy (non-hydrogen) atoms. The van der Waals surface area contributed by atoms with Gasteiger partial charge in [-0.2, -0.15) is 13.2 Å². The second-order valence-corrected chi connectivity index (χ2v) is 6.63. The van der Waals surface area contributed by atoms with E-state index in [1.165, 1.54) is 0 Å². The van der Waals surface area contributed by atoms with Gasteiger partial charge in [0, 0.05) is 6.20 Å². The van der Waals surface area contributed by atoms with Crippen molar-refractivity contribution in [3.8, 4) is 0 Å². The fraction of sp³-hybridized carbons (Fsp3) is 0.143. The topological polar surface area (TPSA) is 72.2 Å². The first-order chi connectivity index (χ1) is 12.6. The number of carbonyl (C=O) groups is 1. The maximum Gasteiger partial charge on any atom is 0.417 e. The maximum absolute atomic E-state index is 12.9. The smallest absolute Gasteiger partial charge is 0.343 e. The molecular weight excluding hydrogens is 453 g/mol. The zero-order valence-electron chi connectivity index (χ0n) is 12.8. The molecule has 0 bridgehead atoms. The van der Waals surface area contributed by atoms with Gasteiger partial charge in [0.15, 0.2) is 11.5 Å². The summed E-state index contributed by atoms with van der Waals surface area (Å²) in [6, 6.07) is 2.05. The van der Waals surface area contributed by atoms with Crippen molar-refractivity contribution in [2.75, 3.05) is 0 Å². The Labute approximate surface area is 169 Å². The van der Waals surface area contributed by atoms with Crippen molar-refractivity contribution in [3.63, 3.8) is 0 Å². The van der Waals surface area contributed by atoms with Crippen molar-refractivity contribution in [1.82, 2.24) is 24.9 Å². The summed E-state index contributed by atoms with van der Waals surface area (Å²) in [5.41, 5.74) is -0.995. The first kappa shape index (κ1) is 19.9. The van der Waals surface area contributed by atoms with Crippen molar-refractivity contribution in [2.24, 2.45) is 0 Å². The SMILES string of the molecule is O=C(NCc1nnc2ccc(C(F)(F)F)cn12)c1nc(Cl)c(Cl)c(Cl)c1Cl. The van der Waals surface area contributed by atoms with E-state index >= 15 is 0 Å². The van der Waals surface area contributed by atoms with Gasteiger partial charge in [0.1, 0.15) is 10.8 Å². The molecule has 0 aliphatic rings. The number of hydrogen-bond donors (Lipinski definition) is 1. The molecule has 13 heteroatoms. The highest BCUT2D eigenvalue weighted by Gasteiger charge is 2.31. The monoisotopic (exact) mass is 457 g/mol. The highest BCUT2D eigenvalue weighted by atomic mass is 35.5. The molecule has 0 saturated carbocycles. The second-order valence-electron chi connectivity index (χ2n) is 5.14. The number of amides is 1. The van der Waals surface area contributed by atoms with Crippen LogP contribution in [0.5, 0.6) is 0 Å². The van der Waals surface area contributed by atoms with Crippen molar-refractivity contribution in [1.29, 1.82) is 0 Å². The van der Waals surface area contributed by atoms with E-state index in [1.807, 2.05) is 0 Å². The molecule has 0 aromatic carbocycles. The Morgan fingerprint density at radius 2 is 1.78 bits per heavy atom. The van der Waals surface area contributed by atoms with Gasteiger partial charge in [-0.1, -0.05) is 46.4 Å². The predicted octanol–water partition coefficient (Wildman–Crippen LogP) is 4.69. The van der Waals surface area contributed by atoms with Crippen LogP contribution in [-0.2, 0) is 12.7 Å². The van der Waals surface area contributed by atoms with Crippen LogP contribution in [0.2, 0.25) is 20.2 Å². The third kappa shape index (κ3) is 3.91. The summed E-state index contributed by atoms with van der Waals surface area (Å²) in [4.78, 5) is 16.0. The molecule has 0 spiro atoms. The molecule has 6 nitrogen and oxygen atoms in total. The summed E-state index contributed by atoms with van der Waals surface area (Å²) < 4.78 is 39.7. The van der Waals surface area contributed by atoms with Gasteiger partial charge in [-0.25, -0.2) is 4.98 Å². The predicted molar refractivity (Wildman–Crippen MR) is 93.4 cm³/mol. The summed E-state index contributed by atoms with van der Waals surface area (Å²) in [6.07, 6.45) is -3.70. The molecule has 0 atom stereocenters. The Morgan fingerprint density at radius 1 is 1.07 bits per heavy atom. The van der Waals surface area contributed by atoms with Crippen LogP contribution >= 0.6 is 46.4 Å². The average molecular weight is 459 g/mol. The Hall–Kier alpha value is -1.81. The van der Waals surface area contributed by atoms with E-state index in [-0.39, 0.29) is 43.9 Å². The van der Waals surface area contributed by atoms with Gasteiger partial charge in [-0.05, 0) is 12.1 Å². The summed E-state index contributed by atoms with van der Waals surface area (Å²) in [7, 11) is 0. The lowest BCUT2D eigenvalue weighted by molar-refractivity contribution is -0.137. The number of fused-ring (bicyclic) bond motifs is 1. The molecular formula is C14H6Cl4F3N5O. The molecule has 142 valence electrons. The molecule has 1 amide bonds. The largest absolute Gasteiger partial charge is 0.417 e. The number of carbonyl (C=O) groups excluding carboxylic acids is 1. The van der Waals surface area contributed by atoms with Crippen LogP contribution in [0.1, 0.15) is 21.9 Å². The highest BCUT2D eigenvalue weighted by molar-refractivity contribution is 6.52. The molecule has 0 fully saturated rings. The maximum atomic E-state index is 12.9. The minimum atomic E-state index is -4.53. The van der Waals surface area contributed by atoms with Crippen LogP contribution in [0, 0.1) is 0 Å². The molecule has 1 N–H and O–H groups in total. The van der Waals surface area contributed by atoms with Gasteiger partial charge in [0.2, 0.25) is 0 Å². The zero-order chi connectivity index (χ0) is 19.9. The van der Waals surface area contributed by atoms with Crippen LogP contribution in [0.3, 0.4) is 0 Å². The normalized spacial score (nSPS) is 11.8. The van der Waals surface area contributed by atoms with E-state index in [0.29, 0.717) is 0 Å². The van der Waals surface area contributed by atoms with Gasteiger partial charge in [0.05, 0.1) is 27.2 Å². The molecule has 0 saturated heterocycles. The van der Waals surface area contributed by atoms with Crippen molar-refractivity contribution in [2.45, 2.75) is 12.7 Å². The molecule has 3 aromatic heterocycles. The molecule has 0 aliphatic carbocycles. The quantitative estimate of drug-likeness (QED) is 0.578. The van der Waals surface area contributed by atoms with E-state index in [1.54, 1.807) is 0 Å².